The smallest absolute Gasteiger partial charge is 0.369 e. The first kappa shape index (κ1) is 20.8. The van der Waals surface area contributed by atoms with Gasteiger partial charge >= 0.3 is 17.1 Å². The van der Waals surface area contributed by atoms with Crippen molar-refractivity contribution >= 4 is 39.6 Å². The fraction of sp³-hybridized carbons (Fsp3) is 0.300. The Kier molecular flexibility index (Phi) is 7.11. The molecular weight excluding hydrogens is 360 g/mol. The van der Waals surface area contributed by atoms with E-state index in [1.54, 1.807) is 28.4 Å². The summed E-state index contributed by atoms with van der Waals surface area (Å²) in [6.45, 7) is 4.09. The summed E-state index contributed by atoms with van der Waals surface area (Å²) in [6, 6.07) is 16.4. The monoisotopic (exact) mass is 388 g/mol. The Morgan fingerprint density at radius 2 is 1.23 bits per heavy atom. The molecule has 0 atom stereocenters. The summed E-state index contributed by atoms with van der Waals surface area (Å²) in [7, 11) is 1.63. The maximum atomic E-state index is 5.88. The fourth-order valence-electron chi connectivity index (χ4n) is 2.94. The van der Waals surface area contributed by atoms with Crippen molar-refractivity contribution in [3.63, 3.8) is 0 Å². The lowest BCUT2D eigenvalue weighted by molar-refractivity contribution is 0.260. The second kappa shape index (κ2) is 8.90. The van der Waals surface area contributed by atoms with Crippen molar-refractivity contribution in [3.05, 3.63) is 59.7 Å². The van der Waals surface area contributed by atoms with E-state index in [2.05, 4.69) is 36.4 Å². The van der Waals surface area contributed by atoms with Crippen LogP contribution in [-0.4, -0.2) is 45.6 Å². The second-order valence-electron chi connectivity index (χ2n) is 6.22. The minimum Gasteiger partial charge on any atom is -0.394 e. The first-order chi connectivity index (χ1) is 12.4. The molecule has 0 aliphatic heterocycles. The second-order valence-corrected chi connectivity index (χ2v) is 12.7. The standard InChI is InChI=1S/C20H28O4Si2/c1-21-25(5,22-2)19-14-10-13-18(20(19)26(6,23-3)24-4)16-15-17-11-8-7-9-12-17/h7-16H,1-6H3. The molecule has 6 heteroatoms. The molecule has 0 aliphatic carbocycles. The molecule has 2 aromatic rings. The van der Waals surface area contributed by atoms with E-state index in [-0.39, 0.29) is 0 Å². The quantitative estimate of drug-likeness (QED) is 0.515. The Labute approximate surface area is 158 Å². The molecule has 2 aromatic carbocycles. The van der Waals surface area contributed by atoms with Gasteiger partial charge in [-0.1, -0.05) is 60.7 Å². The Hall–Kier alpha value is -1.55. The predicted molar refractivity (Wildman–Crippen MR) is 112 cm³/mol. The summed E-state index contributed by atoms with van der Waals surface area (Å²) >= 11 is 0. The molecule has 140 valence electrons. The van der Waals surface area contributed by atoms with E-state index >= 15 is 0 Å². The lowest BCUT2D eigenvalue weighted by Gasteiger charge is -2.32. The first-order valence-corrected chi connectivity index (χ1v) is 13.1. The van der Waals surface area contributed by atoms with Crippen molar-refractivity contribution in [1.82, 2.24) is 0 Å². The van der Waals surface area contributed by atoms with Crippen LogP contribution in [0.4, 0.5) is 0 Å². The van der Waals surface area contributed by atoms with Gasteiger partial charge in [-0.2, -0.15) is 0 Å². The molecule has 0 unspecified atom stereocenters. The van der Waals surface area contributed by atoms with Crippen LogP contribution in [0.15, 0.2) is 48.5 Å². The van der Waals surface area contributed by atoms with E-state index in [1.807, 2.05) is 37.4 Å². The summed E-state index contributed by atoms with van der Waals surface area (Å²) in [4.78, 5) is 0. The van der Waals surface area contributed by atoms with E-state index in [4.69, 9.17) is 17.7 Å². The van der Waals surface area contributed by atoms with E-state index in [0.29, 0.717) is 0 Å². The van der Waals surface area contributed by atoms with Gasteiger partial charge in [-0.3, -0.25) is 0 Å². The van der Waals surface area contributed by atoms with Crippen LogP contribution in [0.1, 0.15) is 11.1 Å². The zero-order valence-corrected chi connectivity index (χ0v) is 18.4. The molecule has 0 saturated heterocycles. The highest BCUT2D eigenvalue weighted by Crippen LogP contribution is 2.15. The van der Waals surface area contributed by atoms with Crippen molar-refractivity contribution in [2.24, 2.45) is 0 Å². The van der Waals surface area contributed by atoms with E-state index < -0.39 is 17.1 Å². The zero-order valence-electron chi connectivity index (χ0n) is 16.4. The minimum absolute atomic E-state index is 1.05. The van der Waals surface area contributed by atoms with Crippen LogP contribution in [0.25, 0.3) is 12.2 Å². The molecule has 4 nitrogen and oxygen atoms in total. The average Bonchev–Trinajstić information content (AvgIpc) is 2.71. The molecule has 0 aromatic heterocycles. The largest absolute Gasteiger partial charge is 0.394 e. The number of hydrogen-bond donors (Lipinski definition) is 0. The third-order valence-electron chi connectivity index (χ3n) is 4.85. The van der Waals surface area contributed by atoms with Gasteiger partial charge in [0.1, 0.15) is 0 Å². The first-order valence-electron chi connectivity index (χ1n) is 8.51. The normalized spacial score (nSPS) is 12.7. The van der Waals surface area contributed by atoms with Gasteiger partial charge in [-0.05, 0) is 29.4 Å². The maximum absolute atomic E-state index is 5.88. The molecule has 0 heterocycles. The van der Waals surface area contributed by atoms with Crippen LogP contribution in [0.2, 0.25) is 13.1 Å². The number of hydrogen-bond acceptors (Lipinski definition) is 4. The van der Waals surface area contributed by atoms with Gasteiger partial charge in [0.25, 0.3) is 0 Å². The predicted octanol–water partition coefficient (Wildman–Crippen LogP) is 3.00. The molecule has 0 fully saturated rings. The summed E-state index contributed by atoms with van der Waals surface area (Å²) in [5, 5.41) is 2.12. The van der Waals surface area contributed by atoms with Crippen molar-refractivity contribution in [1.29, 1.82) is 0 Å². The van der Waals surface area contributed by atoms with Gasteiger partial charge in [0, 0.05) is 33.6 Å². The van der Waals surface area contributed by atoms with Gasteiger partial charge in [0.2, 0.25) is 0 Å². The van der Waals surface area contributed by atoms with Gasteiger partial charge < -0.3 is 17.7 Å². The van der Waals surface area contributed by atoms with Crippen LogP contribution in [-0.2, 0) is 17.7 Å². The molecule has 0 N–H and O–H groups in total. The molecule has 0 radical (unpaired) electrons. The minimum atomic E-state index is -2.62. The third kappa shape index (κ3) is 4.23. The molecule has 0 spiro atoms. The molecular formula is C20H28O4Si2. The van der Waals surface area contributed by atoms with Crippen LogP contribution in [0.5, 0.6) is 0 Å². The summed E-state index contributed by atoms with van der Waals surface area (Å²) in [6.07, 6.45) is 4.21. The van der Waals surface area contributed by atoms with Crippen LogP contribution in [0.3, 0.4) is 0 Å². The highest BCUT2D eigenvalue weighted by atomic mass is 28.4. The maximum Gasteiger partial charge on any atom is 0.369 e. The van der Waals surface area contributed by atoms with Crippen LogP contribution in [0, 0.1) is 0 Å². The molecule has 2 rings (SSSR count). The van der Waals surface area contributed by atoms with Crippen LogP contribution >= 0.6 is 0 Å². The van der Waals surface area contributed by atoms with E-state index in [1.165, 1.54) is 0 Å². The Morgan fingerprint density at radius 3 is 1.77 bits per heavy atom. The van der Waals surface area contributed by atoms with Crippen molar-refractivity contribution in [2.75, 3.05) is 28.4 Å². The third-order valence-corrected chi connectivity index (χ3v) is 11.1. The van der Waals surface area contributed by atoms with E-state index in [9.17, 15) is 0 Å². The van der Waals surface area contributed by atoms with Gasteiger partial charge in [0.15, 0.2) is 0 Å². The molecule has 26 heavy (non-hydrogen) atoms. The van der Waals surface area contributed by atoms with Gasteiger partial charge in [-0.25, -0.2) is 0 Å². The Bertz CT molecular complexity index is 739. The topological polar surface area (TPSA) is 36.9 Å². The number of benzene rings is 2. The van der Waals surface area contributed by atoms with E-state index in [0.717, 1.165) is 21.5 Å². The van der Waals surface area contributed by atoms with Crippen LogP contribution < -0.4 is 10.4 Å². The summed E-state index contributed by atoms with van der Waals surface area (Å²) < 4.78 is 23.4. The van der Waals surface area contributed by atoms with Gasteiger partial charge in [-0.15, -0.1) is 0 Å². The number of rotatable bonds is 8. The molecule has 0 bridgehead atoms. The van der Waals surface area contributed by atoms with Gasteiger partial charge in [0.05, 0.1) is 0 Å². The Balaban J connectivity index is 2.67. The highest BCUT2D eigenvalue weighted by molar-refractivity contribution is 6.91. The highest BCUT2D eigenvalue weighted by Gasteiger charge is 2.43. The lowest BCUT2D eigenvalue weighted by Crippen LogP contribution is -2.65. The zero-order chi connectivity index (χ0) is 19.2. The van der Waals surface area contributed by atoms with Crippen molar-refractivity contribution < 1.29 is 17.7 Å². The van der Waals surface area contributed by atoms with Crippen molar-refractivity contribution in [3.8, 4) is 0 Å². The molecule has 0 amide bonds. The summed E-state index contributed by atoms with van der Waals surface area (Å²) in [5.41, 5.74) is 2.21. The fourth-order valence-corrected chi connectivity index (χ4v) is 7.74. The SMILES string of the molecule is CO[Si](C)(OC)c1cccc(C=Cc2ccccc2)c1[Si](C)(OC)OC. The average molecular weight is 389 g/mol. The molecule has 0 aliphatic rings. The summed E-state index contributed by atoms with van der Waals surface area (Å²) in [5.74, 6) is 0. The Morgan fingerprint density at radius 1 is 0.654 bits per heavy atom. The van der Waals surface area contributed by atoms with Crippen molar-refractivity contribution in [2.45, 2.75) is 13.1 Å². The lowest BCUT2D eigenvalue weighted by atomic mass is 10.1. The molecule has 0 saturated carbocycles.